The highest BCUT2D eigenvalue weighted by molar-refractivity contribution is 8.04. The maximum atomic E-state index is 13.3. The number of thioether (sulfide) groups is 1. The van der Waals surface area contributed by atoms with Gasteiger partial charge < -0.3 is 4.98 Å². The van der Waals surface area contributed by atoms with Crippen molar-refractivity contribution in [2.24, 2.45) is 0 Å². The molecule has 0 saturated heterocycles. The maximum absolute atomic E-state index is 13.3. The van der Waals surface area contributed by atoms with Crippen molar-refractivity contribution >= 4 is 57.7 Å². The Balaban J connectivity index is 1.78. The number of aromatic amines is 1. The number of ketones is 1. The Labute approximate surface area is 183 Å². The van der Waals surface area contributed by atoms with Gasteiger partial charge in [-0.2, -0.15) is 0 Å². The number of rotatable bonds is 5. The van der Waals surface area contributed by atoms with Crippen LogP contribution >= 0.6 is 35.0 Å². The van der Waals surface area contributed by atoms with Gasteiger partial charge in [0.2, 0.25) is 0 Å². The van der Waals surface area contributed by atoms with E-state index in [9.17, 15) is 4.79 Å². The van der Waals surface area contributed by atoms with E-state index in [0.29, 0.717) is 20.5 Å². The molecule has 0 spiro atoms. The number of carbonyl (C=O) groups is 1. The molecule has 0 atom stereocenters. The molecule has 1 heterocycles. The maximum Gasteiger partial charge on any atom is 0.199 e. The van der Waals surface area contributed by atoms with Crippen LogP contribution in [0, 0.1) is 6.92 Å². The molecular weight excluding hydrogens is 421 g/mol. The van der Waals surface area contributed by atoms with Gasteiger partial charge in [0, 0.05) is 43.2 Å². The van der Waals surface area contributed by atoms with Gasteiger partial charge in [0.05, 0.1) is 4.91 Å². The highest BCUT2D eigenvalue weighted by Gasteiger charge is 2.15. The monoisotopic (exact) mass is 437 g/mol. The molecule has 0 aliphatic heterocycles. The summed E-state index contributed by atoms with van der Waals surface area (Å²) in [4.78, 5) is 18.1. The molecule has 1 N–H and O–H groups in total. The van der Waals surface area contributed by atoms with Crippen LogP contribution in [0.4, 0.5) is 0 Å². The summed E-state index contributed by atoms with van der Waals surface area (Å²) < 4.78 is 0. The van der Waals surface area contributed by atoms with E-state index in [4.69, 9.17) is 23.2 Å². The second kappa shape index (κ2) is 8.50. The van der Waals surface area contributed by atoms with Crippen molar-refractivity contribution in [2.75, 3.05) is 0 Å². The van der Waals surface area contributed by atoms with Crippen molar-refractivity contribution in [3.05, 3.63) is 105 Å². The Morgan fingerprint density at radius 1 is 0.931 bits per heavy atom. The first kappa shape index (κ1) is 19.8. The summed E-state index contributed by atoms with van der Waals surface area (Å²) in [6, 6.07) is 20.8. The number of carbonyl (C=O) groups excluding carboxylic acids is 1. The summed E-state index contributed by atoms with van der Waals surface area (Å²) in [6.45, 7) is 2.04. The molecule has 4 aromatic rings. The largest absolute Gasteiger partial charge is 0.361 e. The third kappa shape index (κ3) is 4.59. The minimum absolute atomic E-state index is 0.0522. The zero-order valence-electron chi connectivity index (χ0n) is 15.6. The molecule has 2 nitrogen and oxygen atoms in total. The minimum Gasteiger partial charge on any atom is -0.361 e. The Morgan fingerprint density at radius 3 is 2.34 bits per heavy atom. The molecule has 4 rings (SSSR count). The molecule has 0 aliphatic rings. The Hall–Kier alpha value is -2.46. The van der Waals surface area contributed by atoms with Gasteiger partial charge in [-0.05, 0) is 67.6 Å². The van der Waals surface area contributed by atoms with Crippen LogP contribution in [-0.2, 0) is 0 Å². The smallest absolute Gasteiger partial charge is 0.199 e. The first-order chi connectivity index (χ1) is 14.0. The van der Waals surface area contributed by atoms with Crippen molar-refractivity contribution < 1.29 is 4.79 Å². The predicted molar refractivity (Wildman–Crippen MR) is 124 cm³/mol. The molecule has 0 aliphatic carbocycles. The normalized spacial score (nSPS) is 11.8. The number of Topliss-reactive ketones (excluding diaryl/α,β-unsaturated/α-hetero) is 1. The summed E-state index contributed by atoms with van der Waals surface area (Å²) in [5, 5.41) is 2.23. The lowest BCUT2D eigenvalue weighted by Gasteiger charge is -2.08. The standard InChI is InChI=1S/C24H17Cl2NOS/c1-15-2-9-20(10-3-15)29-23(24(28)16-4-6-18(25)7-5-16)12-17-14-27-22-11-8-19(26)13-21(17)22/h2-14,27H,1H3/b23-12+. The molecule has 0 radical (unpaired) electrons. The van der Waals surface area contributed by atoms with Crippen LogP contribution in [0.3, 0.4) is 0 Å². The fourth-order valence-electron chi connectivity index (χ4n) is 2.99. The number of hydrogen-bond acceptors (Lipinski definition) is 2. The van der Waals surface area contributed by atoms with Crippen LogP contribution in [0.1, 0.15) is 21.5 Å². The number of halogens is 2. The van der Waals surface area contributed by atoms with Crippen LogP contribution in [0.25, 0.3) is 17.0 Å². The summed E-state index contributed by atoms with van der Waals surface area (Å²) >= 11 is 13.6. The number of aryl methyl sites for hydroxylation is 1. The molecule has 0 bridgehead atoms. The molecule has 0 saturated carbocycles. The molecule has 0 fully saturated rings. The third-order valence-corrected chi connectivity index (χ3v) is 6.06. The Bertz CT molecular complexity index is 1210. The first-order valence-corrected chi connectivity index (χ1v) is 10.6. The van der Waals surface area contributed by atoms with E-state index in [1.54, 1.807) is 24.3 Å². The zero-order valence-corrected chi connectivity index (χ0v) is 17.9. The van der Waals surface area contributed by atoms with E-state index >= 15 is 0 Å². The minimum atomic E-state index is -0.0522. The second-order valence-corrected chi connectivity index (χ2v) is 8.68. The van der Waals surface area contributed by atoms with Crippen LogP contribution in [0.5, 0.6) is 0 Å². The summed E-state index contributed by atoms with van der Waals surface area (Å²) in [5.41, 5.74) is 3.66. The van der Waals surface area contributed by atoms with Crippen molar-refractivity contribution in [1.82, 2.24) is 4.98 Å². The molecule has 0 unspecified atom stereocenters. The van der Waals surface area contributed by atoms with Gasteiger partial charge in [-0.3, -0.25) is 4.79 Å². The van der Waals surface area contributed by atoms with Crippen LogP contribution in [-0.4, -0.2) is 10.8 Å². The van der Waals surface area contributed by atoms with Gasteiger partial charge in [-0.15, -0.1) is 0 Å². The van der Waals surface area contributed by atoms with E-state index in [1.165, 1.54) is 17.3 Å². The number of hydrogen-bond donors (Lipinski definition) is 1. The highest BCUT2D eigenvalue weighted by atomic mass is 35.5. The average molecular weight is 438 g/mol. The highest BCUT2D eigenvalue weighted by Crippen LogP contribution is 2.33. The third-order valence-electron chi connectivity index (χ3n) is 4.54. The second-order valence-electron chi connectivity index (χ2n) is 6.69. The van der Waals surface area contributed by atoms with Gasteiger partial charge in [-0.25, -0.2) is 0 Å². The number of H-pyrrole nitrogens is 1. The van der Waals surface area contributed by atoms with E-state index in [-0.39, 0.29) is 5.78 Å². The molecular formula is C24H17Cl2NOS. The molecule has 1 aromatic heterocycles. The number of nitrogens with one attached hydrogen (secondary N) is 1. The van der Waals surface area contributed by atoms with Crippen molar-refractivity contribution in [3.63, 3.8) is 0 Å². The first-order valence-electron chi connectivity index (χ1n) is 9.03. The van der Waals surface area contributed by atoms with Gasteiger partial charge in [0.1, 0.15) is 0 Å². The number of aromatic nitrogens is 1. The fraction of sp³-hybridized carbons (Fsp3) is 0.0417. The van der Waals surface area contributed by atoms with Crippen LogP contribution < -0.4 is 0 Å². The number of fused-ring (bicyclic) bond motifs is 1. The van der Waals surface area contributed by atoms with E-state index in [0.717, 1.165) is 21.4 Å². The molecule has 5 heteroatoms. The van der Waals surface area contributed by atoms with Crippen LogP contribution in [0.15, 0.2) is 82.7 Å². The summed E-state index contributed by atoms with van der Waals surface area (Å²) in [5.74, 6) is -0.0522. The lowest BCUT2D eigenvalue weighted by Crippen LogP contribution is -2.00. The van der Waals surface area contributed by atoms with Crippen molar-refractivity contribution in [1.29, 1.82) is 0 Å². The predicted octanol–water partition coefficient (Wildman–Crippen LogP) is 7.80. The van der Waals surface area contributed by atoms with Crippen LogP contribution in [0.2, 0.25) is 10.0 Å². The number of benzene rings is 3. The zero-order chi connectivity index (χ0) is 20.4. The molecule has 3 aromatic carbocycles. The lowest BCUT2D eigenvalue weighted by atomic mass is 10.1. The lowest BCUT2D eigenvalue weighted by molar-refractivity contribution is 0.104. The summed E-state index contributed by atoms with van der Waals surface area (Å²) in [6.07, 6.45) is 3.81. The quantitative estimate of drug-likeness (QED) is 0.196. The van der Waals surface area contributed by atoms with E-state index in [1.807, 2.05) is 61.7 Å². The Kier molecular flexibility index (Phi) is 5.81. The van der Waals surface area contributed by atoms with Gasteiger partial charge in [0.15, 0.2) is 5.78 Å². The SMILES string of the molecule is Cc1ccc(S/C(=C/c2c[nH]c3ccc(Cl)cc23)C(=O)c2ccc(Cl)cc2)cc1. The molecule has 0 amide bonds. The van der Waals surface area contributed by atoms with Gasteiger partial charge >= 0.3 is 0 Å². The Morgan fingerprint density at radius 2 is 1.62 bits per heavy atom. The van der Waals surface area contributed by atoms with E-state index < -0.39 is 0 Å². The van der Waals surface area contributed by atoms with Crippen molar-refractivity contribution in [3.8, 4) is 0 Å². The van der Waals surface area contributed by atoms with Crippen molar-refractivity contribution in [2.45, 2.75) is 11.8 Å². The summed E-state index contributed by atoms with van der Waals surface area (Å²) in [7, 11) is 0. The van der Waals surface area contributed by atoms with E-state index in [2.05, 4.69) is 4.98 Å². The average Bonchev–Trinajstić information content (AvgIpc) is 3.11. The van der Waals surface area contributed by atoms with Gasteiger partial charge in [-0.1, -0.05) is 52.7 Å². The molecule has 29 heavy (non-hydrogen) atoms. The topological polar surface area (TPSA) is 32.9 Å². The van der Waals surface area contributed by atoms with Gasteiger partial charge in [0.25, 0.3) is 0 Å². The number of allylic oxidation sites excluding steroid dienone is 1. The fourth-order valence-corrected chi connectivity index (χ4v) is 4.21. The molecule has 144 valence electrons.